The van der Waals surface area contributed by atoms with Crippen molar-refractivity contribution < 1.29 is 4.74 Å². The molecule has 3 heteroatoms. The van der Waals surface area contributed by atoms with E-state index in [2.05, 4.69) is 4.98 Å². The molecule has 2 N–H and O–H groups in total. The van der Waals surface area contributed by atoms with Gasteiger partial charge in [-0.2, -0.15) is 0 Å². The van der Waals surface area contributed by atoms with Gasteiger partial charge in [-0.05, 0) is 37.8 Å². The molecular formula is C11H16N2O. The van der Waals surface area contributed by atoms with E-state index in [1.54, 1.807) is 6.20 Å². The lowest BCUT2D eigenvalue weighted by molar-refractivity contribution is 0.285. The predicted octanol–water partition coefficient (Wildman–Crippen LogP) is 1.37. The van der Waals surface area contributed by atoms with Crippen molar-refractivity contribution in [3.63, 3.8) is 0 Å². The number of nitrogens with zero attached hydrogens (tertiary/aromatic N) is 1. The Hall–Kier alpha value is -1.09. The van der Waals surface area contributed by atoms with E-state index in [1.165, 1.54) is 12.8 Å². The Kier molecular flexibility index (Phi) is 2.99. The van der Waals surface area contributed by atoms with Crippen LogP contribution < -0.4 is 10.5 Å². The van der Waals surface area contributed by atoms with Gasteiger partial charge in [-0.1, -0.05) is 6.07 Å². The smallest absolute Gasteiger partial charge is 0.216 e. The molecule has 1 heterocycles. The van der Waals surface area contributed by atoms with Crippen LogP contribution in [0.3, 0.4) is 0 Å². The lowest BCUT2D eigenvalue weighted by Crippen LogP contribution is -2.07. The van der Waals surface area contributed by atoms with Crippen LogP contribution in [0.5, 0.6) is 5.88 Å². The molecule has 0 atom stereocenters. The summed E-state index contributed by atoms with van der Waals surface area (Å²) < 4.78 is 5.65. The molecule has 1 aliphatic carbocycles. The number of ether oxygens (including phenoxy) is 1. The van der Waals surface area contributed by atoms with E-state index in [1.807, 2.05) is 12.1 Å². The standard InChI is InChI=1S/C11H16N2O/c12-6-5-10-2-1-7-13-11(10)14-8-9-3-4-9/h1-2,7,9H,3-6,8,12H2. The molecule has 1 saturated carbocycles. The van der Waals surface area contributed by atoms with E-state index in [0.29, 0.717) is 6.54 Å². The Morgan fingerprint density at radius 3 is 3.07 bits per heavy atom. The van der Waals surface area contributed by atoms with E-state index >= 15 is 0 Å². The van der Waals surface area contributed by atoms with E-state index in [-0.39, 0.29) is 0 Å². The van der Waals surface area contributed by atoms with Crippen molar-refractivity contribution >= 4 is 0 Å². The minimum atomic E-state index is 0.644. The summed E-state index contributed by atoms with van der Waals surface area (Å²) in [5.41, 5.74) is 6.64. The molecule has 1 aromatic heterocycles. The first kappa shape index (κ1) is 9.46. The fourth-order valence-electron chi connectivity index (χ4n) is 1.38. The van der Waals surface area contributed by atoms with Crippen LogP contribution in [-0.4, -0.2) is 18.1 Å². The summed E-state index contributed by atoms with van der Waals surface area (Å²) in [6, 6.07) is 3.96. The van der Waals surface area contributed by atoms with E-state index in [4.69, 9.17) is 10.5 Å². The first-order chi connectivity index (χ1) is 6.90. The Balaban J connectivity index is 1.97. The highest BCUT2D eigenvalue weighted by Crippen LogP contribution is 2.29. The van der Waals surface area contributed by atoms with Gasteiger partial charge in [-0.15, -0.1) is 0 Å². The highest BCUT2D eigenvalue weighted by atomic mass is 16.5. The van der Waals surface area contributed by atoms with Gasteiger partial charge >= 0.3 is 0 Å². The first-order valence-corrected chi connectivity index (χ1v) is 5.17. The molecule has 1 aliphatic rings. The van der Waals surface area contributed by atoms with Gasteiger partial charge in [-0.3, -0.25) is 0 Å². The number of nitrogens with two attached hydrogens (primary N) is 1. The highest BCUT2D eigenvalue weighted by molar-refractivity contribution is 5.25. The Labute approximate surface area is 84.3 Å². The number of aromatic nitrogens is 1. The van der Waals surface area contributed by atoms with Crippen LogP contribution >= 0.6 is 0 Å². The fraction of sp³-hybridized carbons (Fsp3) is 0.545. The summed E-state index contributed by atoms with van der Waals surface area (Å²) in [5, 5.41) is 0. The van der Waals surface area contributed by atoms with Gasteiger partial charge < -0.3 is 10.5 Å². The molecular weight excluding hydrogens is 176 g/mol. The monoisotopic (exact) mass is 192 g/mol. The summed E-state index contributed by atoms with van der Waals surface area (Å²) in [6.45, 7) is 1.46. The minimum absolute atomic E-state index is 0.644. The maximum Gasteiger partial charge on any atom is 0.216 e. The number of hydrogen-bond acceptors (Lipinski definition) is 3. The highest BCUT2D eigenvalue weighted by Gasteiger charge is 2.22. The lowest BCUT2D eigenvalue weighted by atomic mass is 10.2. The molecule has 0 bridgehead atoms. The second kappa shape index (κ2) is 4.42. The second-order valence-corrected chi connectivity index (χ2v) is 3.76. The molecule has 0 aliphatic heterocycles. The summed E-state index contributed by atoms with van der Waals surface area (Å²) in [6.07, 6.45) is 5.22. The number of rotatable bonds is 5. The molecule has 3 nitrogen and oxygen atoms in total. The van der Waals surface area contributed by atoms with Gasteiger partial charge in [-0.25, -0.2) is 4.98 Å². The average molecular weight is 192 g/mol. The zero-order valence-electron chi connectivity index (χ0n) is 8.28. The third-order valence-electron chi connectivity index (χ3n) is 2.42. The summed E-state index contributed by atoms with van der Waals surface area (Å²) in [4.78, 5) is 4.22. The molecule has 14 heavy (non-hydrogen) atoms. The van der Waals surface area contributed by atoms with Crippen LogP contribution in [0, 0.1) is 5.92 Å². The van der Waals surface area contributed by atoms with E-state index in [9.17, 15) is 0 Å². The Morgan fingerprint density at radius 2 is 2.36 bits per heavy atom. The first-order valence-electron chi connectivity index (χ1n) is 5.17. The maximum absolute atomic E-state index is 5.65. The zero-order chi connectivity index (χ0) is 9.80. The Bertz CT molecular complexity index is 297. The zero-order valence-corrected chi connectivity index (χ0v) is 8.28. The number of pyridine rings is 1. The average Bonchev–Trinajstić information content (AvgIpc) is 3.01. The van der Waals surface area contributed by atoms with Gasteiger partial charge in [0, 0.05) is 11.8 Å². The third-order valence-corrected chi connectivity index (χ3v) is 2.42. The van der Waals surface area contributed by atoms with Crippen molar-refractivity contribution in [3.8, 4) is 5.88 Å². The van der Waals surface area contributed by atoms with Gasteiger partial charge in [0.15, 0.2) is 0 Å². The third kappa shape index (κ3) is 2.45. The number of hydrogen-bond donors (Lipinski definition) is 1. The molecule has 0 amide bonds. The summed E-state index contributed by atoms with van der Waals surface area (Å²) in [5.74, 6) is 1.53. The van der Waals surface area contributed by atoms with Gasteiger partial charge in [0.2, 0.25) is 5.88 Å². The SMILES string of the molecule is NCCc1cccnc1OCC1CC1. The molecule has 0 radical (unpaired) electrons. The fourth-order valence-corrected chi connectivity index (χ4v) is 1.38. The molecule has 76 valence electrons. The molecule has 0 aromatic carbocycles. The quantitative estimate of drug-likeness (QED) is 0.766. The van der Waals surface area contributed by atoms with Crippen molar-refractivity contribution in [2.45, 2.75) is 19.3 Å². The van der Waals surface area contributed by atoms with Gasteiger partial charge in [0.1, 0.15) is 0 Å². The molecule has 2 rings (SSSR count). The second-order valence-electron chi connectivity index (χ2n) is 3.76. The molecule has 1 aromatic rings. The van der Waals surface area contributed by atoms with Crippen LogP contribution in [0.15, 0.2) is 18.3 Å². The maximum atomic E-state index is 5.65. The van der Waals surface area contributed by atoms with Gasteiger partial charge in [0.05, 0.1) is 6.61 Å². The predicted molar refractivity (Wildman–Crippen MR) is 55.2 cm³/mol. The van der Waals surface area contributed by atoms with Crippen molar-refractivity contribution in [2.75, 3.05) is 13.2 Å². The molecule has 0 spiro atoms. The Morgan fingerprint density at radius 1 is 1.50 bits per heavy atom. The lowest BCUT2D eigenvalue weighted by Gasteiger charge is -2.08. The van der Waals surface area contributed by atoms with E-state index < -0.39 is 0 Å². The van der Waals surface area contributed by atoms with Crippen LogP contribution in [-0.2, 0) is 6.42 Å². The van der Waals surface area contributed by atoms with E-state index in [0.717, 1.165) is 30.4 Å². The molecule has 0 saturated heterocycles. The van der Waals surface area contributed by atoms with Crippen LogP contribution in [0.25, 0.3) is 0 Å². The molecule has 0 unspecified atom stereocenters. The van der Waals surface area contributed by atoms with Crippen molar-refractivity contribution in [1.29, 1.82) is 0 Å². The largest absolute Gasteiger partial charge is 0.477 e. The minimum Gasteiger partial charge on any atom is -0.477 e. The topological polar surface area (TPSA) is 48.1 Å². The van der Waals surface area contributed by atoms with Crippen LogP contribution in [0.2, 0.25) is 0 Å². The van der Waals surface area contributed by atoms with Crippen molar-refractivity contribution in [1.82, 2.24) is 4.98 Å². The summed E-state index contributed by atoms with van der Waals surface area (Å²) >= 11 is 0. The van der Waals surface area contributed by atoms with Gasteiger partial charge in [0.25, 0.3) is 0 Å². The van der Waals surface area contributed by atoms with Crippen LogP contribution in [0.1, 0.15) is 18.4 Å². The summed E-state index contributed by atoms with van der Waals surface area (Å²) in [7, 11) is 0. The van der Waals surface area contributed by atoms with Crippen molar-refractivity contribution in [2.24, 2.45) is 11.7 Å². The van der Waals surface area contributed by atoms with Crippen molar-refractivity contribution in [3.05, 3.63) is 23.9 Å². The normalized spacial score (nSPS) is 15.5. The molecule has 1 fully saturated rings. The van der Waals surface area contributed by atoms with Crippen LogP contribution in [0.4, 0.5) is 0 Å².